The first kappa shape index (κ1) is 12.2. The standard InChI is InChI=1S/C8H7ClN4O2S2/c1-5-11-8(16-12-5)13-17(14,15)6-2-3-10-7(9)4-6/h2-4H,1H3,(H,11,12,13). The van der Waals surface area contributed by atoms with Gasteiger partial charge in [-0.25, -0.2) is 18.4 Å². The van der Waals surface area contributed by atoms with Gasteiger partial charge in [-0.3, -0.25) is 4.72 Å². The van der Waals surface area contributed by atoms with Gasteiger partial charge in [-0.15, -0.1) is 0 Å². The summed E-state index contributed by atoms with van der Waals surface area (Å²) in [4.78, 5) is 7.66. The maximum atomic E-state index is 11.9. The van der Waals surface area contributed by atoms with Gasteiger partial charge in [-0.1, -0.05) is 11.6 Å². The van der Waals surface area contributed by atoms with Gasteiger partial charge in [0.15, 0.2) is 0 Å². The largest absolute Gasteiger partial charge is 0.263 e. The number of rotatable bonds is 3. The van der Waals surface area contributed by atoms with Crippen molar-refractivity contribution in [2.45, 2.75) is 11.8 Å². The molecule has 9 heteroatoms. The zero-order valence-electron chi connectivity index (χ0n) is 8.58. The van der Waals surface area contributed by atoms with Gasteiger partial charge in [0.1, 0.15) is 11.0 Å². The lowest BCUT2D eigenvalue weighted by molar-refractivity contribution is 0.601. The topological polar surface area (TPSA) is 84.8 Å². The Labute approximate surface area is 107 Å². The molecular formula is C8H7ClN4O2S2. The summed E-state index contributed by atoms with van der Waals surface area (Å²) in [6, 6.07) is 2.61. The smallest absolute Gasteiger partial charge is 0.253 e. The molecule has 17 heavy (non-hydrogen) atoms. The molecule has 0 atom stereocenters. The van der Waals surface area contributed by atoms with Crippen LogP contribution in [0.5, 0.6) is 0 Å². The SMILES string of the molecule is Cc1nsc(NS(=O)(=O)c2ccnc(Cl)c2)n1. The number of nitrogens with one attached hydrogen (secondary N) is 1. The number of aryl methyl sites for hydroxylation is 1. The second kappa shape index (κ2) is 4.55. The molecular weight excluding hydrogens is 284 g/mol. The number of halogens is 1. The van der Waals surface area contributed by atoms with E-state index in [4.69, 9.17) is 11.6 Å². The Hall–Kier alpha value is -1.25. The number of hydrogen-bond acceptors (Lipinski definition) is 6. The van der Waals surface area contributed by atoms with E-state index in [0.29, 0.717) is 5.82 Å². The van der Waals surface area contributed by atoms with Gasteiger partial charge in [-0.2, -0.15) is 4.37 Å². The molecule has 90 valence electrons. The fraction of sp³-hybridized carbons (Fsp3) is 0.125. The Morgan fingerprint density at radius 1 is 1.47 bits per heavy atom. The molecule has 2 heterocycles. The molecule has 0 aromatic carbocycles. The molecule has 2 aromatic heterocycles. The number of aromatic nitrogens is 3. The molecule has 0 unspecified atom stereocenters. The first-order valence-corrected chi connectivity index (χ1v) is 7.05. The third kappa shape index (κ3) is 2.90. The van der Waals surface area contributed by atoms with Crippen LogP contribution in [0.1, 0.15) is 5.82 Å². The molecule has 0 saturated heterocycles. The minimum atomic E-state index is -3.69. The summed E-state index contributed by atoms with van der Waals surface area (Å²) >= 11 is 6.60. The molecule has 0 saturated carbocycles. The highest BCUT2D eigenvalue weighted by molar-refractivity contribution is 7.93. The number of pyridine rings is 1. The van der Waals surface area contributed by atoms with E-state index in [-0.39, 0.29) is 15.2 Å². The minimum absolute atomic E-state index is 0.0327. The highest BCUT2D eigenvalue weighted by Gasteiger charge is 2.16. The van der Waals surface area contributed by atoms with Crippen molar-refractivity contribution in [3.05, 3.63) is 29.3 Å². The van der Waals surface area contributed by atoms with Crippen molar-refractivity contribution in [1.82, 2.24) is 14.3 Å². The van der Waals surface area contributed by atoms with Crippen LogP contribution in [0.15, 0.2) is 23.2 Å². The van der Waals surface area contributed by atoms with Gasteiger partial charge in [0.05, 0.1) is 4.90 Å². The summed E-state index contributed by atoms with van der Waals surface area (Å²) in [5.74, 6) is 0.514. The Bertz CT molecular complexity index is 640. The Balaban J connectivity index is 2.31. The molecule has 6 nitrogen and oxygen atoms in total. The predicted octanol–water partition coefficient (Wildman–Crippen LogP) is 1.70. The molecule has 2 rings (SSSR count). The predicted molar refractivity (Wildman–Crippen MR) is 64.7 cm³/mol. The molecule has 1 N–H and O–H groups in total. The summed E-state index contributed by atoms with van der Waals surface area (Å²) in [5.41, 5.74) is 0. The lowest BCUT2D eigenvalue weighted by Gasteiger charge is -2.04. The molecule has 0 bridgehead atoms. The normalized spacial score (nSPS) is 11.4. The highest BCUT2D eigenvalue weighted by Crippen LogP contribution is 2.18. The van der Waals surface area contributed by atoms with E-state index >= 15 is 0 Å². The lowest BCUT2D eigenvalue weighted by Crippen LogP contribution is -2.12. The van der Waals surface area contributed by atoms with E-state index in [9.17, 15) is 8.42 Å². The van der Waals surface area contributed by atoms with Crippen LogP contribution in [-0.2, 0) is 10.0 Å². The van der Waals surface area contributed by atoms with Crippen molar-refractivity contribution in [1.29, 1.82) is 0 Å². The van der Waals surface area contributed by atoms with Crippen LogP contribution in [0.2, 0.25) is 5.15 Å². The van der Waals surface area contributed by atoms with E-state index in [1.807, 2.05) is 0 Å². The van der Waals surface area contributed by atoms with Crippen LogP contribution < -0.4 is 4.72 Å². The summed E-state index contributed by atoms with van der Waals surface area (Å²) < 4.78 is 30.0. The van der Waals surface area contributed by atoms with Gasteiger partial charge in [-0.05, 0) is 19.1 Å². The first-order valence-electron chi connectivity index (χ1n) is 4.42. The first-order chi connectivity index (χ1) is 7.97. The van der Waals surface area contributed by atoms with Gasteiger partial charge in [0, 0.05) is 17.7 Å². The summed E-state index contributed by atoms with van der Waals surface area (Å²) in [7, 11) is -3.69. The molecule has 0 radical (unpaired) electrons. The molecule has 0 aliphatic rings. The van der Waals surface area contributed by atoms with Crippen molar-refractivity contribution in [2.24, 2.45) is 0 Å². The number of sulfonamides is 1. The summed E-state index contributed by atoms with van der Waals surface area (Å²) in [6.45, 7) is 1.68. The summed E-state index contributed by atoms with van der Waals surface area (Å²) in [6.07, 6.45) is 1.32. The van der Waals surface area contributed by atoms with Gasteiger partial charge in [0.2, 0.25) is 5.13 Å². The van der Waals surface area contributed by atoms with Crippen LogP contribution in [0.3, 0.4) is 0 Å². The van der Waals surface area contributed by atoms with E-state index in [1.165, 1.54) is 18.3 Å². The second-order valence-electron chi connectivity index (χ2n) is 3.07. The van der Waals surface area contributed by atoms with Crippen molar-refractivity contribution in [3.63, 3.8) is 0 Å². The van der Waals surface area contributed by atoms with Crippen LogP contribution in [0, 0.1) is 6.92 Å². The van der Waals surface area contributed by atoms with Crippen LogP contribution in [-0.4, -0.2) is 22.8 Å². The third-order valence-electron chi connectivity index (χ3n) is 1.76. The maximum Gasteiger partial charge on any atom is 0.263 e. The molecule has 0 aliphatic carbocycles. The minimum Gasteiger partial charge on any atom is -0.253 e. The third-order valence-corrected chi connectivity index (χ3v) is 4.15. The van der Waals surface area contributed by atoms with Crippen LogP contribution in [0.4, 0.5) is 5.13 Å². The second-order valence-corrected chi connectivity index (χ2v) is 5.89. The van der Waals surface area contributed by atoms with Gasteiger partial charge < -0.3 is 0 Å². The number of anilines is 1. The molecule has 2 aromatic rings. The van der Waals surface area contributed by atoms with E-state index in [0.717, 1.165) is 11.5 Å². The van der Waals surface area contributed by atoms with Crippen molar-refractivity contribution >= 4 is 38.3 Å². The maximum absolute atomic E-state index is 11.9. The zero-order valence-corrected chi connectivity index (χ0v) is 11.0. The molecule has 0 spiro atoms. The van der Waals surface area contributed by atoms with Crippen molar-refractivity contribution in [3.8, 4) is 0 Å². The van der Waals surface area contributed by atoms with Gasteiger partial charge in [0.25, 0.3) is 10.0 Å². The lowest BCUT2D eigenvalue weighted by atomic mass is 10.5. The van der Waals surface area contributed by atoms with Crippen LogP contribution in [0.25, 0.3) is 0 Å². The number of hydrogen-bond donors (Lipinski definition) is 1. The average Bonchev–Trinajstić information content (AvgIpc) is 2.63. The van der Waals surface area contributed by atoms with E-state index in [2.05, 4.69) is 19.1 Å². The Morgan fingerprint density at radius 2 is 2.24 bits per heavy atom. The van der Waals surface area contributed by atoms with Crippen molar-refractivity contribution < 1.29 is 8.42 Å². The number of nitrogens with zero attached hydrogens (tertiary/aromatic N) is 3. The van der Waals surface area contributed by atoms with Crippen LogP contribution >= 0.6 is 23.1 Å². The van der Waals surface area contributed by atoms with E-state index < -0.39 is 10.0 Å². The van der Waals surface area contributed by atoms with Crippen molar-refractivity contribution in [2.75, 3.05) is 4.72 Å². The fourth-order valence-corrected chi connectivity index (χ4v) is 3.11. The van der Waals surface area contributed by atoms with E-state index in [1.54, 1.807) is 6.92 Å². The highest BCUT2D eigenvalue weighted by atomic mass is 35.5. The monoisotopic (exact) mass is 290 g/mol. The Kier molecular flexibility index (Phi) is 3.27. The zero-order chi connectivity index (χ0) is 12.5. The quantitative estimate of drug-likeness (QED) is 0.870. The van der Waals surface area contributed by atoms with Gasteiger partial charge >= 0.3 is 0 Å². The fourth-order valence-electron chi connectivity index (χ4n) is 1.06. The summed E-state index contributed by atoms with van der Waals surface area (Å²) in [5, 5.41) is 0.330. The average molecular weight is 291 g/mol. The molecule has 0 aliphatic heterocycles. The molecule has 0 fully saturated rings. The molecule has 0 amide bonds. The Morgan fingerprint density at radius 3 is 2.82 bits per heavy atom.